The normalized spacial score (nSPS) is 14.3. The fourth-order valence-corrected chi connectivity index (χ4v) is 5.02. The molecule has 0 aliphatic carbocycles. The standard InChI is InChI=1S/C25H26FN3O3S/c1-19-3-13-24(14-4-19)33(31,32)27(2)22-9-5-20(6-10-22)25(30)29-17-15-28(16-18-29)23-11-7-21(26)8-12-23/h3-14H,15-18H2,1-2H3. The first-order chi connectivity index (χ1) is 15.8. The Morgan fingerprint density at radius 3 is 2.00 bits per heavy atom. The zero-order chi connectivity index (χ0) is 23.6. The Morgan fingerprint density at radius 2 is 1.42 bits per heavy atom. The van der Waals surface area contributed by atoms with Crippen molar-refractivity contribution in [2.45, 2.75) is 11.8 Å². The number of halogens is 1. The molecule has 8 heteroatoms. The summed E-state index contributed by atoms with van der Waals surface area (Å²) in [5, 5.41) is 0. The van der Waals surface area contributed by atoms with Crippen LogP contribution in [0.15, 0.2) is 77.7 Å². The number of hydrogen-bond acceptors (Lipinski definition) is 4. The van der Waals surface area contributed by atoms with E-state index in [4.69, 9.17) is 0 Å². The molecule has 1 saturated heterocycles. The van der Waals surface area contributed by atoms with Gasteiger partial charge in [-0.15, -0.1) is 0 Å². The Kier molecular flexibility index (Phi) is 6.37. The van der Waals surface area contributed by atoms with Gasteiger partial charge in [-0.2, -0.15) is 0 Å². The van der Waals surface area contributed by atoms with Gasteiger partial charge in [0.2, 0.25) is 0 Å². The molecule has 0 bridgehead atoms. The van der Waals surface area contributed by atoms with E-state index in [-0.39, 0.29) is 16.6 Å². The highest BCUT2D eigenvalue weighted by atomic mass is 32.2. The van der Waals surface area contributed by atoms with Crippen LogP contribution < -0.4 is 9.21 Å². The second-order valence-corrected chi connectivity index (χ2v) is 10.1. The average molecular weight is 468 g/mol. The molecule has 0 N–H and O–H groups in total. The largest absolute Gasteiger partial charge is 0.368 e. The molecular weight excluding hydrogens is 441 g/mol. The summed E-state index contributed by atoms with van der Waals surface area (Å²) in [6.07, 6.45) is 0. The second-order valence-electron chi connectivity index (χ2n) is 8.09. The van der Waals surface area contributed by atoms with Crippen LogP contribution in [-0.2, 0) is 10.0 Å². The molecule has 1 amide bonds. The second kappa shape index (κ2) is 9.23. The highest BCUT2D eigenvalue weighted by molar-refractivity contribution is 7.92. The predicted molar refractivity (Wildman–Crippen MR) is 128 cm³/mol. The number of carbonyl (C=O) groups excluding carboxylic acids is 1. The number of benzene rings is 3. The summed E-state index contributed by atoms with van der Waals surface area (Å²) in [5.74, 6) is -0.363. The van der Waals surface area contributed by atoms with Gasteiger partial charge in [0.25, 0.3) is 15.9 Å². The van der Waals surface area contributed by atoms with Crippen molar-refractivity contribution >= 4 is 27.3 Å². The van der Waals surface area contributed by atoms with E-state index in [0.29, 0.717) is 37.4 Å². The molecule has 3 aromatic rings. The van der Waals surface area contributed by atoms with E-state index in [1.807, 2.05) is 6.92 Å². The summed E-state index contributed by atoms with van der Waals surface area (Å²) in [6.45, 7) is 4.33. The molecule has 3 aromatic carbocycles. The van der Waals surface area contributed by atoms with Gasteiger partial charge in [-0.3, -0.25) is 9.10 Å². The van der Waals surface area contributed by atoms with Gasteiger partial charge in [-0.25, -0.2) is 12.8 Å². The molecule has 0 aromatic heterocycles. The van der Waals surface area contributed by atoms with Crippen LogP contribution in [0.4, 0.5) is 15.8 Å². The molecule has 1 aliphatic heterocycles. The number of hydrogen-bond donors (Lipinski definition) is 0. The van der Waals surface area contributed by atoms with Gasteiger partial charge < -0.3 is 9.80 Å². The maximum Gasteiger partial charge on any atom is 0.264 e. The van der Waals surface area contributed by atoms with E-state index in [2.05, 4.69) is 4.90 Å². The first-order valence-corrected chi connectivity index (χ1v) is 12.2. The summed E-state index contributed by atoms with van der Waals surface area (Å²) in [5.41, 5.74) is 2.91. The number of carbonyl (C=O) groups is 1. The molecule has 1 aliphatic rings. The Labute approximate surface area is 193 Å². The van der Waals surface area contributed by atoms with Gasteiger partial charge >= 0.3 is 0 Å². The van der Waals surface area contributed by atoms with E-state index in [1.54, 1.807) is 65.6 Å². The number of aryl methyl sites for hydroxylation is 1. The molecule has 1 heterocycles. The highest BCUT2D eigenvalue weighted by Gasteiger charge is 2.24. The fraction of sp³-hybridized carbons (Fsp3) is 0.240. The zero-order valence-corrected chi connectivity index (χ0v) is 19.4. The van der Waals surface area contributed by atoms with Crippen molar-refractivity contribution in [1.82, 2.24) is 4.90 Å². The molecule has 0 unspecified atom stereocenters. The van der Waals surface area contributed by atoms with Gasteiger partial charge in [-0.05, 0) is 67.6 Å². The Morgan fingerprint density at radius 1 is 0.848 bits per heavy atom. The third-order valence-electron chi connectivity index (χ3n) is 5.92. The Balaban J connectivity index is 1.41. The molecule has 0 atom stereocenters. The molecule has 33 heavy (non-hydrogen) atoms. The van der Waals surface area contributed by atoms with Gasteiger partial charge in [0, 0.05) is 44.5 Å². The first-order valence-electron chi connectivity index (χ1n) is 10.7. The molecule has 0 saturated carbocycles. The van der Waals surface area contributed by atoms with Crippen LogP contribution in [0.3, 0.4) is 0 Å². The zero-order valence-electron chi connectivity index (χ0n) is 18.6. The van der Waals surface area contributed by atoms with Crippen LogP contribution in [0.1, 0.15) is 15.9 Å². The quantitative estimate of drug-likeness (QED) is 0.571. The summed E-state index contributed by atoms with van der Waals surface area (Å²) in [7, 11) is -2.19. The molecular formula is C25H26FN3O3S. The van der Waals surface area contributed by atoms with Gasteiger partial charge in [0.1, 0.15) is 5.82 Å². The number of rotatable bonds is 5. The Bertz CT molecular complexity index is 1220. The molecule has 0 spiro atoms. The molecule has 172 valence electrons. The molecule has 6 nitrogen and oxygen atoms in total. The van der Waals surface area contributed by atoms with Crippen LogP contribution >= 0.6 is 0 Å². The lowest BCUT2D eigenvalue weighted by atomic mass is 10.1. The van der Waals surface area contributed by atoms with Crippen molar-refractivity contribution in [2.24, 2.45) is 0 Å². The van der Waals surface area contributed by atoms with E-state index in [9.17, 15) is 17.6 Å². The number of piperazine rings is 1. The summed E-state index contributed by atoms with van der Waals surface area (Å²) in [4.78, 5) is 17.1. The third kappa shape index (κ3) is 4.85. The lowest BCUT2D eigenvalue weighted by Gasteiger charge is -2.36. The lowest BCUT2D eigenvalue weighted by Crippen LogP contribution is -2.48. The number of amides is 1. The SMILES string of the molecule is Cc1ccc(S(=O)(=O)N(C)c2ccc(C(=O)N3CCN(c4ccc(F)cc4)CC3)cc2)cc1. The van der Waals surface area contributed by atoms with Crippen LogP contribution in [-0.4, -0.2) is 52.5 Å². The van der Waals surface area contributed by atoms with Gasteiger partial charge in [0.15, 0.2) is 0 Å². The molecule has 0 radical (unpaired) electrons. The predicted octanol–water partition coefficient (Wildman–Crippen LogP) is 3.92. The van der Waals surface area contributed by atoms with Crippen molar-refractivity contribution in [3.05, 3.63) is 89.7 Å². The summed E-state index contributed by atoms with van der Waals surface area (Å²) >= 11 is 0. The number of sulfonamides is 1. The fourth-order valence-electron chi connectivity index (χ4n) is 3.82. The topological polar surface area (TPSA) is 60.9 Å². The van der Waals surface area contributed by atoms with E-state index < -0.39 is 10.0 Å². The maximum absolute atomic E-state index is 13.1. The van der Waals surface area contributed by atoms with E-state index in [0.717, 1.165) is 11.3 Å². The van der Waals surface area contributed by atoms with Crippen molar-refractivity contribution in [3.8, 4) is 0 Å². The highest BCUT2D eigenvalue weighted by Crippen LogP contribution is 2.24. The first kappa shape index (κ1) is 22.8. The Hall–Kier alpha value is -3.39. The number of nitrogens with zero attached hydrogens (tertiary/aromatic N) is 3. The third-order valence-corrected chi connectivity index (χ3v) is 7.72. The summed E-state index contributed by atoms with van der Waals surface area (Å²) in [6, 6.07) is 19.7. The average Bonchev–Trinajstić information content (AvgIpc) is 2.84. The monoisotopic (exact) mass is 467 g/mol. The minimum atomic E-state index is -3.69. The van der Waals surface area contributed by atoms with Gasteiger partial charge in [-0.1, -0.05) is 17.7 Å². The van der Waals surface area contributed by atoms with Crippen molar-refractivity contribution in [1.29, 1.82) is 0 Å². The van der Waals surface area contributed by atoms with Crippen LogP contribution in [0.25, 0.3) is 0 Å². The number of anilines is 2. The lowest BCUT2D eigenvalue weighted by molar-refractivity contribution is 0.0747. The van der Waals surface area contributed by atoms with E-state index in [1.165, 1.54) is 23.5 Å². The smallest absolute Gasteiger partial charge is 0.264 e. The minimum absolute atomic E-state index is 0.0932. The molecule has 4 rings (SSSR count). The summed E-state index contributed by atoms with van der Waals surface area (Å²) < 4.78 is 40.2. The molecule has 1 fully saturated rings. The van der Waals surface area contributed by atoms with Crippen LogP contribution in [0.2, 0.25) is 0 Å². The van der Waals surface area contributed by atoms with Crippen LogP contribution in [0.5, 0.6) is 0 Å². The van der Waals surface area contributed by atoms with Gasteiger partial charge in [0.05, 0.1) is 10.6 Å². The minimum Gasteiger partial charge on any atom is -0.368 e. The van der Waals surface area contributed by atoms with Crippen molar-refractivity contribution < 1.29 is 17.6 Å². The van der Waals surface area contributed by atoms with Crippen LogP contribution in [0, 0.1) is 12.7 Å². The van der Waals surface area contributed by atoms with Crippen molar-refractivity contribution in [3.63, 3.8) is 0 Å². The maximum atomic E-state index is 13.1. The van der Waals surface area contributed by atoms with Crippen molar-refractivity contribution in [2.75, 3.05) is 42.4 Å². The van der Waals surface area contributed by atoms with E-state index >= 15 is 0 Å².